The van der Waals surface area contributed by atoms with E-state index in [1.165, 1.54) is 11.1 Å². The zero-order chi connectivity index (χ0) is 17.1. The van der Waals surface area contributed by atoms with E-state index < -0.39 is 0 Å². The summed E-state index contributed by atoms with van der Waals surface area (Å²) in [6.07, 6.45) is 0. The van der Waals surface area contributed by atoms with Crippen molar-refractivity contribution >= 4 is 35.8 Å². The molecule has 0 aromatic heterocycles. The second kappa shape index (κ2) is 13.0. The molecule has 1 rings (SSSR count). The molecule has 1 amide bonds. The van der Waals surface area contributed by atoms with Gasteiger partial charge in [-0.3, -0.25) is 9.79 Å². The highest BCUT2D eigenvalue weighted by atomic mass is 127. The highest BCUT2D eigenvalue weighted by Crippen LogP contribution is 2.14. The van der Waals surface area contributed by atoms with Crippen molar-refractivity contribution in [2.45, 2.75) is 19.8 Å². The van der Waals surface area contributed by atoms with Gasteiger partial charge in [0.25, 0.3) is 0 Å². The minimum Gasteiger partial charge on any atom is -0.383 e. The average molecular weight is 448 g/mol. The normalized spacial score (nSPS) is 12.1. The van der Waals surface area contributed by atoms with Crippen LogP contribution in [0.1, 0.15) is 24.0 Å². The van der Waals surface area contributed by atoms with Gasteiger partial charge in [0.05, 0.1) is 13.2 Å². The van der Waals surface area contributed by atoms with Gasteiger partial charge >= 0.3 is 0 Å². The van der Waals surface area contributed by atoms with E-state index in [1.54, 1.807) is 14.2 Å². The van der Waals surface area contributed by atoms with Crippen LogP contribution in [0.25, 0.3) is 0 Å². The molecule has 0 aliphatic carbocycles. The van der Waals surface area contributed by atoms with Crippen LogP contribution in [0.3, 0.4) is 0 Å². The molecule has 136 valence electrons. The van der Waals surface area contributed by atoms with Crippen LogP contribution in [-0.4, -0.2) is 52.3 Å². The van der Waals surface area contributed by atoms with E-state index in [0.29, 0.717) is 25.0 Å². The SMILES string of the molecule is CN=C(NCC(=O)NCCOC)NCC(C)c1ccc(C)cc1.I. The average Bonchev–Trinajstić information content (AvgIpc) is 2.55. The van der Waals surface area contributed by atoms with Crippen molar-refractivity contribution in [3.8, 4) is 0 Å². The van der Waals surface area contributed by atoms with E-state index in [4.69, 9.17) is 4.74 Å². The molecule has 1 atom stereocenters. The molecule has 0 fully saturated rings. The van der Waals surface area contributed by atoms with Gasteiger partial charge in [-0.15, -0.1) is 24.0 Å². The predicted octanol–water partition coefficient (Wildman–Crippen LogP) is 1.64. The van der Waals surface area contributed by atoms with Crippen LogP contribution >= 0.6 is 24.0 Å². The van der Waals surface area contributed by atoms with Crippen molar-refractivity contribution < 1.29 is 9.53 Å². The highest BCUT2D eigenvalue weighted by molar-refractivity contribution is 14.0. The third-order valence-corrected chi connectivity index (χ3v) is 3.49. The van der Waals surface area contributed by atoms with Gasteiger partial charge in [-0.2, -0.15) is 0 Å². The van der Waals surface area contributed by atoms with Gasteiger partial charge in [-0.1, -0.05) is 36.8 Å². The molecular formula is C17H29IN4O2. The summed E-state index contributed by atoms with van der Waals surface area (Å²) in [6.45, 7) is 6.18. The number of rotatable bonds is 8. The number of halogens is 1. The Morgan fingerprint density at radius 1 is 1.21 bits per heavy atom. The number of carbonyl (C=O) groups is 1. The maximum Gasteiger partial charge on any atom is 0.239 e. The van der Waals surface area contributed by atoms with Crippen LogP contribution in [0.5, 0.6) is 0 Å². The Morgan fingerprint density at radius 3 is 2.46 bits per heavy atom. The van der Waals surface area contributed by atoms with Crippen molar-refractivity contribution in [1.82, 2.24) is 16.0 Å². The Hall–Kier alpha value is -1.35. The topological polar surface area (TPSA) is 74.8 Å². The fourth-order valence-corrected chi connectivity index (χ4v) is 2.00. The van der Waals surface area contributed by atoms with Gasteiger partial charge in [-0.25, -0.2) is 0 Å². The molecular weight excluding hydrogens is 419 g/mol. The third kappa shape index (κ3) is 9.07. The third-order valence-electron chi connectivity index (χ3n) is 3.49. The number of guanidine groups is 1. The number of nitrogens with one attached hydrogen (secondary N) is 3. The van der Waals surface area contributed by atoms with Gasteiger partial charge in [0, 0.05) is 27.2 Å². The molecule has 3 N–H and O–H groups in total. The molecule has 0 saturated heterocycles. The van der Waals surface area contributed by atoms with Gasteiger partial charge in [0.2, 0.25) is 5.91 Å². The van der Waals surface area contributed by atoms with E-state index in [1.807, 2.05) is 0 Å². The molecule has 0 saturated carbocycles. The summed E-state index contributed by atoms with van der Waals surface area (Å²) < 4.78 is 4.88. The van der Waals surface area contributed by atoms with E-state index in [9.17, 15) is 4.79 Å². The Balaban J connectivity index is 0.00000529. The molecule has 6 nitrogen and oxygen atoms in total. The predicted molar refractivity (Wildman–Crippen MR) is 109 cm³/mol. The fourth-order valence-electron chi connectivity index (χ4n) is 2.00. The zero-order valence-electron chi connectivity index (χ0n) is 14.9. The minimum absolute atomic E-state index is 0. The van der Waals surface area contributed by atoms with Gasteiger partial charge in [0.1, 0.15) is 0 Å². The maximum absolute atomic E-state index is 11.6. The summed E-state index contributed by atoms with van der Waals surface area (Å²) in [5.74, 6) is 0.882. The smallest absolute Gasteiger partial charge is 0.239 e. The first-order valence-electron chi connectivity index (χ1n) is 7.83. The molecule has 0 heterocycles. The number of nitrogens with zero attached hydrogens (tertiary/aromatic N) is 1. The molecule has 0 aliphatic rings. The first-order chi connectivity index (χ1) is 11.1. The summed E-state index contributed by atoms with van der Waals surface area (Å²) in [7, 11) is 3.29. The molecule has 1 aromatic rings. The zero-order valence-corrected chi connectivity index (χ0v) is 17.2. The van der Waals surface area contributed by atoms with Crippen LogP contribution in [-0.2, 0) is 9.53 Å². The molecule has 1 aromatic carbocycles. The number of hydrogen-bond acceptors (Lipinski definition) is 3. The van der Waals surface area contributed by atoms with E-state index in [-0.39, 0.29) is 36.4 Å². The van der Waals surface area contributed by atoms with Crippen LogP contribution in [0.15, 0.2) is 29.3 Å². The van der Waals surface area contributed by atoms with Gasteiger partial charge in [0.15, 0.2) is 5.96 Å². The number of methoxy groups -OCH3 is 1. The summed E-state index contributed by atoms with van der Waals surface area (Å²) in [6, 6.07) is 8.51. The van der Waals surface area contributed by atoms with Gasteiger partial charge < -0.3 is 20.7 Å². The Morgan fingerprint density at radius 2 is 1.88 bits per heavy atom. The Bertz CT molecular complexity index is 506. The first kappa shape index (κ1) is 22.6. The van der Waals surface area contributed by atoms with Crippen LogP contribution in [0.2, 0.25) is 0 Å². The lowest BCUT2D eigenvalue weighted by atomic mass is 10.0. The molecule has 0 bridgehead atoms. The highest BCUT2D eigenvalue weighted by Gasteiger charge is 2.07. The lowest BCUT2D eigenvalue weighted by molar-refractivity contribution is -0.120. The largest absolute Gasteiger partial charge is 0.383 e. The molecule has 7 heteroatoms. The number of ether oxygens (including phenoxy) is 1. The summed E-state index contributed by atoms with van der Waals surface area (Å²) >= 11 is 0. The number of amides is 1. The van der Waals surface area contributed by atoms with Crippen LogP contribution in [0, 0.1) is 6.92 Å². The van der Waals surface area contributed by atoms with Crippen molar-refractivity contribution in [3.05, 3.63) is 35.4 Å². The van der Waals surface area contributed by atoms with Crippen LogP contribution in [0.4, 0.5) is 0 Å². The molecule has 0 radical (unpaired) electrons. The van der Waals surface area contributed by atoms with Crippen molar-refractivity contribution in [2.24, 2.45) is 4.99 Å². The lowest BCUT2D eigenvalue weighted by Gasteiger charge is -2.16. The second-order valence-electron chi connectivity index (χ2n) is 5.46. The maximum atomic E-state index is 11.6. The van der Waals surface area contributed by atoms with E-state index in [2.05, 4.69) is 59.1 Å². The standard InChI is InChI=1S/C17H28N4O2.HI/c1-13-5-7-15(8-6-13)14(2)11-20-17(18-3)21-12-16(22)19-9-10-23-4;/h5-8,14H,9-12H2,1-4H3,(H,19,22)(H2,18,20,21);1H. The molecule has 0 aliphatic heterocycles. The fraction of sp³-hybridized carbons (Fsp3) is 0.529. The number of carbonyl (C=O) groups excluding carboxylic acids is 1. The number of aryl methyl sites for hydroxylation is 1. The number of benzene rings is 1. The summed E-state index contributed by atoms with van der Waals surface area (Å²) in [5, 5.41) is 8.99. The number of hydrogen-bond donors (Lipinski definition) is 3. The van der Waals surface area contributed by atoms with E-state index in [0.717, 1.165) is 6.54 Å². The van der Waals surface area contributed by atoms with Crippen LogP contribution < -0.4 is 16.0 Å². The van der Waals surface area contributed by atoms with Crippen molar-refractivity contribution in [3.63, 3.8) is 0 Å². The first-order valence-corrected chi connectivity index (χ1v) is 7.83. The Labute approximate surface area is 161 Å². The van der Waals surface area contributed by atoms with Gasteiger partial charge in [-0.05, 0) is 18.4 Å². The minimum atomic E-state index is -0.0865. The van der Waals surface area contributed by atoms with Crippen molar-refractivity contribution in [2.75, 3.05) is 40.4 Å². The summed E-state index contributed by atoms with van der Waals surface area (Å²) in [5.41, 5.74) is 2.53. The molecule has 0 spiro atoms. The second-order valence-corrected chi connectivity index (χ2v) is 5.46. The van der Waals surface area contributed by atoms with Crippen molar-refractivity contribution in [1.29, 1.82) is 0 Å². The summed E-state index contributed by atoms with van der Waals surface area (Å²) in [4.78, 5) is 15.7. The monoisotopic (exact) mass is 448 g/mol. The lowest BCUT2D eigenvalue weighted by Crippen LogP contribution is -2.44. The van der Waals surface area contributed by atoms with E-state index >= 15 is 0 Å². The molecule has 1 unspecified atom stereocenters. The molecule has 24 heavy (non-hydrogen) atoms. The number of aliphatic imine (C=N–C) groups is 1. The Kier molecular flexibility index (Phi) is 12.3. The quantitative estimate of drug-likeness (QED) is 0.245.